The quantitative estimate of drug-likeness (QED) is 0.777. The molecule has 136 valence electrons. The number of ether oxygens (including phenoxy) is 1. The average Bonchev–Trinajstić information content (AvgIpc) is 3.35. The topological polar surface area (TPSA) is 85.4 Å². The van der Waals surface area contributed by atoms with E-state index in [4.69, 9.17) is 9.15 Å². The maximum absolute atomic E-state index is 12.4. The van der Waals surface area contributed by atoms with Crippen molar-refractivity contribution in [2.75, 3.05) is 33.4 Å². The summed E-state index contributed by atoms with van der Waals surface area (Å²) in [4.78, 5) is 14.7. The Morgan fingerprint density at radius 1 is 1.40 bits per heavy atom. The molecule has 0 spiro atoms. The maximum Gasteiger partial charge on any atom is 0.273 e. The smallest absolute Gasteiger partial charge is 0.273 e. The van der Waals surface area contributed by atoms with Gasteiger partial charge in [-0.15, -0.1) is 5.10 Å². The van der Waals surface area contributed by atoms with Crippen molar-refractivity contribution < 1.29 is 13.9 Å². The van der Waals surface area contributed by atoms with Gasteiger partial charge in [-0.2, -0.15) is 0 Å². The number of amides is 1. The number of hydrogen-bond acceptors (Lipinski definition) is 6. The Kier molecular flexibility index (Phi) is 5.83. The van der Waals surface area contributed by atoms with Crippen LogP contribution < -0.4 is 5.32 Å². The van der Waals surface area contributed by atoms with Crippen molar-refractivity contribution in [3.8, 4) is 0 Å². The molecule has 0 bridgehead atoms. The molecule has 8 nitrogen and oxygen atoms in total. The number of aromatic nitrogens is 3. The molecule has 1 saturated heterocycles. The molecule has 0 radical (unpaired) electrons. The lowest BCUT2D eigenvalue weighted by Gasteiger charge is -2.25. The summed E-state index contributed by atoms with van der Waals surface area (Å²) in [5.41, 5.74) is 0.312. The van der Waals surface area contributed by atoms with Crippen LogP contribution in [0, 0.1) is 6.92 Å². The van der Waals surface area contributed by atoms with E-state index in [1.54, 1.807) is 18.0 Å². The molecule has 25 heavy (non-hydrogen) atoms. The predicted octanol–water partition coefficient (Wildman–Crippen LogP) is 1.39. The summed E-state index contributed by atoms with van der Waals surface area (Å²) in [7, 11) is 1.62. The number of carbonyl (C=O) groups is 1. The van der Waals surface area contributed by atoms with Crippen molar-refractivity contribution in [3.05, 3.63) is 35.5 Å². The third-order valence-corrected chi connectivity index (χ3v) is 4.42. The number of carbonyl (C=O) groups excluding carboxylic acids is 1. The SMILES string of the molecule is COCCn1cc(C(=O)NCC(c2ccc(C)o2)N2CCCC2)nn1. The average molecular weight is 347 g/mol. The van der Waals surface area contributed by atoms with E-state index in [-0.39, 0.29) is 11.9 Å². The Bertz CT molecular complexity index is 690. The second kappa shape index (κ2) is 8.26. The highest BCUT2D eigenvalue weighted by molar-refractivity contribution is 5.91. The van der Waals surface area contributed by atoms with E-state index in [2.05, 4.69) is 20.5 Å². The minimum absolute atomic E-state index is 0.0451. The number of furan rings is 1. The fourth-order valence-electron chi connectivity index (χ4n) is 3.07. The van der Waals surface area contributed by atoms with E-state index in [0.29, 0.717) is 25.4 Å². The number of rotatable bonds is 8. The fourth-order valence-corrected chi connectivity index (χ4v) is 3.07. The minimum atomic E-state index is -0.226. The second-order valence-corrected chi connectivity index (χ2v) is 6.28. The molecule has 1 fully saturated rings. The molecule has 3 rings (SSSR count). The van der Waals surface area contributed by atoms with E-state index < -0.39 is 0 Å². The number of nitrogens with one attached hydrogen (secondary N) is 1. The van der Waals surface area contributed by atoms with Gasteiger partial charge in [0.2, 0.25) is 0 Å². The number of nitrogens with zero attached hydrogens (tertiary/aromatic N) is 4. The third-order valence-electron chi connectivity index (χ3n) is 4.42. The first-order chi connectivity index (χ1) is 12.2. The third kappa shape index (κ3) is 4.46. The van der Waals surface area contributed by atoms with Gasteiger partial charge in [0.25, 0.3) is 5.91 Å². The highest BCUT2D eigenvalue weighted by atomic mass is 16.5. The zero-order chi connectivity index (χ0) is 17.6. The van der Waals surface area contributed by atoms with Crippen molar-refractivity contribution in [1.82, 2.24) is 25.2 Å². The van der Waals surface area contributed by atoms with Crippen LogP contribution in [0.25, 0.3) is 0 Å². The zero-order valence-corrected chi connectivity index (χ0v) is 14.8. The number of methoxy groups -OCH3 is 1. The first kappa shape index (κ1) is 17.6. The Morgan fingerprint density at radius 3 is 2.88 bits per heavy atom. The summed E-state index contributed by atoms with van der Waals surface area (Å²) in [5.74, 6) is 1.55. The summed E-state index contributed by atoms with van der Waals surface area (Å²) in [6.45, 7) is 5.55. The highest BCUT2D eigenvalue weighted by Gasteiger charge is 2.26. The van der Waals surface area contributed by atoms with Crippen LogP contribution in [0.5, 0.6) is 0 Å². The lowest BCUT2D eigenvalue weighted by atomic mass is 10.2. The van der Waals surface area contributed by atoms with Crippen molar-refractivity contribution in [3.63, 3.8) is 0 Å². The summed E-state index contributed by atoms with van der Waals surface area (Å²) in [5, 5.41) is 10.8. The minimum Gasteiger partial charge on any atom is -0.465 e. The van der Waals surface area contributed by atoms with Crippen LogP contribution in [-0.2, 0) is 11.3 Å². The summed E-state index contributed by atoms with van der Waals surface area (Å²) in [6.07, 6.45) is 3.99. The first-order valence-electron chi connectivity index (χ1n) is 8.65. The van der Waals surface area contributed by atoms with Crippen molar-refractivity contribution >= 4 is 5.91 Å². The van der Waals surface area contributed by atoms with Gasteiger partial charge >= 0.3 is 0 Å². The number of likely N-dealkylation sites (tertiary alicyclic amines) is 1. The van der Waals surface area contributed by atoms with E-state index in [1.165, 1.54) is 12.8 Å². The molecule has 2 aromatic rings. The summed E-state index contributed by atoms with van der Waals surface area (Å²) >= 11 is 0. The zero-order valence-electron chi connectivity index (χ0n) is 14.8. The van der Waals surface area contributed by atoms with Gasteiger partial charge in [0.15, 0.2) is 5.69 Å². The van der Waals surface area contributed by atoms with Gasteiger partial charge in [-0.3, -0.25) is 9.69 Å². The lowest BCUT2D eigenvalue weighted by Crippen LogP contribution is -2.36. The molecule has 2 aromatic heterocycles. The summed E-state index contributed by atoms with van der Waals surface area (Å²) < 4.78 is 12.4. The van der Waals surface area contributed by atoms with Crippen molar-refractivity contribution in [1.29, 1.82) is 0 Å². The van der Waals surface area contributed by atoms with E-state index in [0.717, 1.165) is 24.6 Å². The van der Waals surface area contributed by atoms with Crippen LogP contribution in [0.3, 0.4) is 0 Å². The molecular formula is C17H25N5O3. The highest BCUT2D eigenvalue weighted by Crippen LogP contribution is 2.26. The molecule has 0 saturated carbocycles. The monoisotopic (exact) mass is 347 g/mol. The molecule has 1 unspecified atom stereocenters. The Hall–Kier alpha value is -2.19. The largest absolute Gasteiger partial charge is 0.465 e. The van der Waals surface area contributed by atoms with Crippen LogP contribution >= 0.6 is 0 Å². The van der Waals surface area contributed by atoms with Gasteiger partial charge < -0.3 is 14.5 Å². The fraction of sp³-hybridized carbons (Fsp3) is 0.588. The van der Waals surface area contributed by atoms with Crippen LogP contribution in [0.4, 0.5) is 0 Å². The molecule has 1 N–H and O–H groups in total. The van der Waals surface area contributed by atoms with Crippen LogP contribution in [0.15, 0.2) is 22.7 Å². The lowest BCUT2D eigenvalue weighted by molar-refractivity contribution is 0.0928. The van der Waals surface area contributed by atoms with E-state index in [9.17, 15) is 4.79 Å². The van der Waals surface area contributed by atoms with E-state index in [1.807, 2.05) is 19.1 Å². The van der Waals surface area contributed by atoms with Gasteiger partial charge in [-0.25, -0.2) is 4.68 Å². The molecule has 1 atom stereocenters. The maximum atomic E-state index is 12.4. The molecule has 1 aliphatic rings. The molecule has 3 heterocycles. The van der Waals surface area contributed by atoms with Gasteiger partial charge in [-0.1, -0.05) is 5.21 Å². The number of hydrogen-bond donors (Lipinski definition) is 1. The first-order valence-corrected chi connectivity index (χ1v) is 8.65. The van der Waals surface area contributed by atoms with Crippen LogP contribution in [0.2, 0.25) is 0 Å². The van der Waals surface area contributed by atoms with Crippen molar-refractivity contribution in [2.45, 2.75) is 32.4 Å². The van der Waals surface area contributed by atoms with Crippen LogP contribution in [0.1, 0.15) is 40.9 Å². The molecule has 8 heteroatoms. The Labute approximate surface area is 147 Å². The van der Waals surface area contributed by atoms with E-state index >= 15 is 0 Å². The molecule has 0 aromatic carbocycles. The predicted molar refractivity (Wildman–Crippen MR) is 91.2 cm³/mol. The Morgan fingerprint density at radius 2 is 2.20 bits per heavy atom. The second-order valence-electron chi connectivity index (χ2n) is 6.28. The molecular weight excluding hydrogens is 322 g/mol. The number of aryl methyl sites for hydroxylation is 1. The summed E-state index contributed by atoms with van der Waals surface area (Å²) in [6, 6.07) is 4.00. The normalized spacial score (nSPS) is 16.2. The molecule has 0 aliphatic carbocycles. The Balaban J connectivity index is 1.62. The molecule has 1 aliphatic heterocycles. The molecule has 1 amide bonds. The van der Waals surface area contributed by atoms with Crippen LogP contribution in [-0.4, -0.2) is 59.2 Å². The van der Waals surface area contributed by atoms with Gasteiger partial charge in [0.1, 0.15) is 11.5 Å². The van der Waals surface area contributed by atoms with Gasteiger partial charge in [0, 0.05) is 13.7 Å². The van der Waals surface area contributed by atoms with Gasteiger partial charge in [0.05, 0.1) is 25.4 Å². The van der Waals surface area contributed by atoms with Crippen molar-refractivity contribution in [2.24, 2.45) is 0 Å². The van der Waals surface area contributed by atoms with Gasteiger partial charge in [-0.05, 0) is 45.0 Å². The standard InChI is InChI=1S/C17H25N5O3/c1-13-5-6-16(25-13)15(21-7-3-4-8-21)11-18-17(23)14-12-22(20-19-14)9-10-24-2/h5-6,12,15H,3-4,7-11H2,1-2H3,(H,18,23).